The number of oxazole rings is 1. The number of halogens is 6. The van der Waals surface area contributed by atoms with Gasteiger partial charge in [-0.3, -0.25) is 0 Å². The zero-order chi connectivity index (χ0) is 17.5. The van der Waals surface area contributed by atoms with E-state index in [9.17, 15) is 31.1 Å². The Balaban J connectivity index is 2.23. The number of rotatable bonds is 3. The Bertz CT molecular complexity index is 566. The molecule has 1 fully saturated rings. The highest BCUT2D eigenvalue weighted by Gasteiger charge is 2.72. The van der Waals surface area contributed by atoms with Gasteiger partial charge in [0.2, 0.25) is 0 Å². The molecule has 0 amide bonds. The fourth-order valence-corrected chi connectivity index (χ4v) is 2.30. The summed E-state index contributed by atoms with van der Waals surface area (Å²) in [6.45, 7) is -0.360. The van der Waals surface area contributed by atoms with Crippen LogP contribution in [-0.4, -0.2) is 43.0 Å². The SMILES string of the molecule is CCOC(=O)c1coc(N2CCC(C(F)(F)F)(C(F)(F)F)C2)n1. The summed E-state index contributed by atoms with van der Waals surface area (Å²) in [4.78, 5) is 15.7. The summed E-state index contributed by atoms with van der Waals surface area (Å²) in [5.74, 6) is -0.875. The van der Waals surface area contributed by atoms with Crippen molar-refractivity contribution in [2.45, 2.75) is 25.7 Å². The Morgan fingerprint density at radius 3 is 2.43 bits per heavy atom. The van der Waals surface area contributed by atoms with Gasteiger partial charge in [-0.25, -0.2) is 4.79 Å². The molecule has 5 nitrogen and oxygen atoms in total. The first kappa shape index (κ1) is 17.4. The molecule has 1 aliphatic rings. The Hall–Kier alpha value is -1.94. The Morgan fingerprint density at radius 2 is 1.96 bits per heavy atom. The minimum Gasteiger partial charge on any atom is -0.461 e. The van der Waals surface area contributed by atoms with Crippen LogP contribution >= 0.6 is 0 Å². The molecular weight excluding hydrogens is 334 g/mol. The maximum absolute atomic E-state index is 13.0. The molecule has 1 aliphatic heterocycles. The largest absolute Gasteiger partial charge is 0.461 e. The van der Waals surface area contributed by atoms with Crippen molar-refractivity contribution < 1.29 is 40.3 Å². The number of aromatic nitrogens is 1. The Morgan fingerprint density at radius 1 is 1.35 bits per heavy atom. The maximum Gasteiger partial charge on any atom is 0.404 e. The fraction of sp³-hybridized carbons (Fsp3) is 0.667. The van der Waals surface area contributed by atoms with Crippen LogP contribution in [0.1, 0.15) is 23.8 Å². The highest BCUT2D eigenvalue weighted by Crippen LogP contribution is 2.55. The molecule has 0 atom stereocenters. The van der Waals surface area contributed by atoms with Crippen LogP contribution in [0.3, 0.4) is 0 Å². The van der Waals surface area contributed by atoms with Gasteiger partial charge in [0.25, 0.3) is 6.01 Å². The minimum absolute atomic E-state index is 0.0377. The number of carbonyl (C=O) groups is 1. The van der Waals surface area contributed by atoms with Crippen molar-refractivity contribution in [3.63, 3.8) is 0 Å². The third-order valence-electron chi connectivity index (χ3n) is 3.60. The third kappa shape index (κ3) is 2.95. The smallest absolute Gasteiger partial charge is 0.404 e. The van der Waals surface area contributed by atoms with Gasteiger partial charge in [0.1, 0.15) is 6.26 Å². The number of alkyl halides is 6. The fourth-order valence-electron chi connectivity index (χ4n) is 2.30. The number of nitrogens with zero attached hydrogens (tertiary/aromatic N) is 2. The first-order chi connectivity index (χ1) is 10.5. The summed E-state index contributed by atoms with van der Waals surface area (Å²) in [7, 11) is 0. The monoisotopic (exact) mass is 346 g/mol. The van der Waals surface area contributed by atoms with Crippen LogP contribution in [0, 0.1) is 5.41 Å². The van der Waals surface area contributed by atoms with Crippen LogP contribution in [0.15, 0.2) is 10.7 Å². The van der Waals surface area contributed by atoms with E-state index in [0.717, 1.165) is 6.26 Å². The predicted molar refractivity (Wildman–Crippen MR) is 63.8 cm³/mol. The Kier molecular flexibility index (Phi) is 4.24. The number of carbonyl (C=O) groups excluding carboxylic acids is 1. The molecule has 1 aromatic rings. The maximum atomic E-state index is 13.0. The number of ether oxygens (including phenoxy) is 1. The normalized spacial score (nSPS) is 18.3. The van der Waals surface area contributed by atoms with Crippen molar-refractivity contribution in [2.24, 2.45) is 5.41 Å². The van der Waals surface area contributed by atoms with Crippen LogP contribution in [-0.2, 0) is 4.74 Å². The van der Waals surface area contributed by atoms with Gasteiger partial charge in [0.05, 0.1) is 6.61 Å². The first-order valence-electron chi connectivity index (χ1n) is 6.53. The summed E-state index contributed by atoms with van der Waals surface area (Å²) in [5, 5.41) is 0. The van der Waals surface area contributed by atoms with Crippen molar-refractivity contribution in [2.75, 3.05) is 24.6 Å². The average Bonchev–Trinajstić information content (AvgIpc) is 3.05. The molecule has 2 heterocycles. The molecule has 11 heteroatoms. The summed E-state index contributed by atoms with van der Waals surface area (Å²) in [6, 6.07) is -0.483. The number of hydrogen-bond acceptors (Lipinski definition) is 5. The summed E-state index contributed by atoms with van der Waals surface area (Å²) >= 11 is 0. The van der Waals surface area contributed by atoms with E-state index >= 15 is 0 Å². The van der Waals surface area contributed by atoms with Crippen LogP contribution < -0.4 is 4.90 Å². The van der Waals surface area contributed by atoms with Crippen molar-refractivity contribution in [3.05, 3.63) is 12.0 Å². The van der Waals surface area contributed by atoms with E-state index in [1.54, 1.807) is 0 Å². The van der Waals surface area contributed by atoms with Crippen LogP contribution in [0.4, 0.5) is 32.4 Å². The van der Waals surface area contributed by atoms with Gasteiger partial charge >= 0.3 is 18.3 Å². The predicted octanol–water partition coefficient (Wildman–Crippen LogP) is 3.17. The average molecular weight is 346 g/mol. The van der Waals surface area contributed by atoms with Gasteiger partial charge in [0.15, 0.2) is 11.1 Å². The van der Waals surface area contributed by atoms with Gasteiger partial charge in [-0.15, -0.1) is 0 Å². The zero-order valence-corrected chi connectivity index (χ0v) is 11.8. The van der Waals surface area contributed by atoms with Crippen molar-refractivity contribution in [1.82, 2.24) is 4.98 Å². The molecule has 0 aliphatic carbocycles. The van der Waals surface area contributed by atoms with Gasteiger partial charge < -0.3 is 14.1 Å². The van der Waals surface area contributed by atoms with E-state index in [-0.39, 0.29) is 12.3 Å². The quantitative estimate of drug-likeness (QED) is 0.622. The lowest BCUT2D eigenvalue weighted by atomic mass is 9.85. The zero-order valence-electron chi connectivity index (χ0n) is 11.8. The number of hydrogen-bond donors (Lipinski definition) is 0. The summed E-state index contributed by atoms with van der Waals surface area (Å²) in [6.07, 6.45) is -11.3. The Labute approximate surface area is 126 Å². The molecule has 1 saturated heterocycles. The first-order valence-corrected chi connectivity index (χ1v) is 6.53. The molecule has 0 saturated carbocycles. The molecule has 130 valence electrons. The lowest BCUT2D eigenvalue weighted by Gasteiger charge is -2.33. The van der Waals surface area contributed by atoms with E-state index in [0.29, 0.717) is 4.90 Å². The van der Waals surface area contributed by atoms with E-state index < -0.39 is 49.3 Å². The molecule has 23 heavy (non-hydrogen) atoms. The van der Waals surface area contributed by atoms with Crippen LogP contribution in [0.25, 0.3) is 0 Å². The van der Waals surface area contributed by atoms with E-state index in [1.165, 1.54) is 6.92 Å². The van der Waals surface area contributed by atoms with Gasteiger partial charge in [-0.2, -0.15) is 31.3 Å². The van der Waals surface area contributed by atoms with E-state index in [4.69, 9.17) is 4.42 Å². The summed E-state index contributed by atoms with van der Waals surface area (Å²) < 4.78 is 87.2. The standard InChI is InChI=1S/C12H12F6N2O3/c1-2-22-8(21)7-5-23-9(19-7)20-4-3-10(6-20,11(13,14)15)12(16,17)18/h5H,2-4,6H2,1H3. The second kappa shape index (κ2) is 5.60. The lowest BCUT2D eigenvalue weighted by Crippen LogP contribution is -2.51. The lowest BCUT2D eigenvalue weighted by molar-refractivity contribution is -0.332. The molecular formula is C12H12F6N2O3. The molecule has 1 aromatic heterocycles. The second-order valence-corrected chi connectivity index (χ2v) is 4.98. The number of esters is 1. The van der Waals surface area contributed by atoms with E-state index in [1.807, 2.05) is 0 Å². The molecule has 0 radical (unpaired) electrons. The van der Waals surface area contributed by atoms with Crippen LogP contribution in [0.5, 0.6) is 0 Å². The molecule has 0 spiro atoms. The van der Waals surface area contributed by atoms with Crippen molar-refractivity contribution in [1.29, 1.82) is 0 Å². The minimum atomic E-state index is -5.46. The molecule has 2 rings (SSSR count). The summed E-state index contributed by atoms with van der Waals surface area (Å²) in [5.41, 5.74) is -4.17. The topological polar surface area (TPSA) is 55.6 Å². The molecule has 0 N–H and O–H groups in total. The van der Waals surface area contributed by atoms with Gasteiger partial charge in [-0.1, -0.05) is 0 Å². The molecule has 0 aromatic carbocycles. The van der Waals surface area contributed by atoms with Crippen molar-refractivity contribution >= 4 is 12.0 Å². The molecule has 0 unspecified atom stereocenters. The second-order valence-electron chi connectivity index (χ2n) is 4.98. The van der Waals surface area contributed by atoms with Gasteiger partial charge in [0, 0.05) is 13.1 Å². The van der Waals surface area contributed by atoms with Crippen LogP contribution in [0.2, 0.25) is 0 Å². The highest BCUT2D eigenvalue weighted by atomic mass is 19.4. The van der Waals surface area contributed by atoms with E-state index in [2.05, 4.69) is 9.72 Å². The third-order valence-corrected chi connectivity index (χ3v) is 3.60. The molecule has 0 bridgehead atoms. The number of anilines is 1. The highest BCUT2D eigenvalue weighted by molar-refractivity contribution is 5.87. The van der Waals surface area contributed by atoms with Gasteiger partial charge in [-0.05, 0) is 13.3 Å². The van der Waals surface area contributed by atoms with Crippen molar-refractivity contribution in [3.8, 4) is 0 Å².